The molecule has 0 saturated carbocycles. The minimum Gasteiger partial charge on any atom is -0.341 e. The summed E-state index contributed by atoms with van der Waals surface area (Å²) in [4.78, 5) is 10.9. The zero-order valence-corrected chi connectivity index (χ0v) is 7.52. The molecule has 1 heterocycles. The normalized spacial score (nSPS) is 24.2. The van der Waals surface area contributed by atoms with E-state index in [2.05, 4.69) is 16.0 Å². The summed E-state index contributed by atoms with van der Waals surface area (Å²) in [7, 11) is 1.64. The van der Waals surface area contributed by atoms with Crippen LogP contribution < -0.4 is 16.0 Å². The number of rotatable bonds is 1. The average molecular weight is 171 g/mol. The molecular formula is C8H17N3O. The predicted molar refractivity (Wildman–Crippen MR) is 48.1 cm³/mol. The van der Waals surface area contributed by atoms with Crippen LogP contribution in [0, 0.1) is 0 Å². The summed E-state index contributed by atoms with van der Waals surface area (Å²) in [5.41, 5.74) is 0. The van der Waals surface area contributed by atoms with Gasteiger partial charge in [-0.05, 0) is 19.4 Å². The van der Waals surface area contributed by atoms with Crippen molar-refractivity contribution in [2.24, 2.45) is 0 Å². The first-order valence-corrected chi connectivity index (χ1v) is 4.52. The van der Waals surface area contributed by atoms with E-state index in [1.54, 1.807) is 7.05 Å². The van der Waals surface area contributed by atoms with E-state index in [-0.39, 0.29) is 6.03 Å². The quantitative estimate of drug-likeness (QED) is 0.522. The maximum absolute atomic E-state index is 10.9. The van der Waals surface area contributed by atoms with Crippen molar-refractivity contribution < 1.29 is 4.79 Å². The Balaban J connectivity index is 2.24. The fraction of sp³-hybridized carbons (Fsp3) is 0.875. The summed E-state index contributed by atoms with van der Waals surface area (Å²) >= 11 is 0. The number of amides is 2. The first-order chi connectivity index (χ1) is 5.83. The maximum atomic E-state index is 10.9. The van der Waals surface area contributed by atoms with Gasteiger partial charge in [-0.1, -0.05) is 6.42 Å². The van der Waals surface area contributed by atoms with Gasteiger partial charge in [-0.25, -0.2) is 4.79 Å². The monoisotopic (exact) mass is 171 g/mol. The summed E-state index contributed by atoms with van der Waals surface area (Å²) in [5, 5.41) is 8.74. The van der Waals surface area contributed by atoms with E-state index in [1.165, 1.54) is 12.8 Å². The van der Waals surface area contributed by atoms with E-state index < -0.39 is 0 Å². The van der Waals surface area contributed by atoms with E-state index in [0.29, 0.717) is 6.04 Å². The van der Waals surface area contributed by atoms with Crippen molar-refractivity contribution in [2.75, 3.05) is 20.1 Å². The second-order valence-corrected chi connectivity index (χ2v) is 3.12. The molecule has 2 amide bonds. The van der Waals surface area contributed by atoms with E-state index in [4.69, 9.17) is 0 Å². The van der Waals surface area contributed by atoms with Crippen molar-refractivity contribution in [1.29, 1.82) is 0 Å². The second-order valence-electron chi connectivity index (χ2n) is 3.12. The van der Waals surface area contributed by atoms with Crippen LogP contribution >= 0.6 is 0 Å². The van der Waals surface area contributed by atoms with E-state index in [0.717, 1.165) is 19.5 Å². The van der Waals surface area contributed by atoms with Crippen molar-refractivity contribution >= 4 is 6.03 Å². The summed E-state index contributed by atoms with van der Waals surface area (Å²) in [6.45, 7) is 1.97. The lowest BCUT2D eigenvalue weighted by Crippen LogP contribution is -2.44. The largest absolute Gasteiger partial charge is 0.341 e. The molecule has 1 aliphatic rings. The van der Waals surface area contributed by atoms with Gasteiger partial charge in [0.2, 0.25) is 0 Å². The molecule has 0 aliphatic carbocycles. The first-order valence-electron chi connectivity index (χ1n) is 4.52. The van der Waals surface area contributed by atoms with Gasteiger partial charge >= 0.3 is 6.03 Å². The highest BCUT2D eigenvalue weighted by atomic mass is 16.2. The Morgan fingerprint density at radius 3 is 3.08 bits per heavy atom. The highest BCUT2D eigenvalue weighted by molar-refractivity contribution is 5.73. The topological polar surface area (TPSA) is 53.2 Å². The standard InChI is InChI=1S/C8H17N3O/c1-9-8(12)11-7-4-2-3-5-10-6-7/h7,10H,2-6H2,1H3,(H2,9,11,12). The van der Waals surface area contributed by atoms with Crippen LogP contribution in [-0.4, -0.2) is 32.2 Å². The van der Waals surface area contributed by atoms with E-state index in [1.807, 2.05) is 0 Å². The number of urea groups is 1. The van der Waals surface area contributed by atoms with Crippen LogP contribution in [0.3, 0.4) is 0 Å². The lowest BCUT2D eigenvalue weighted by atomic mass is 10.1. The second kappa shape index (κ2) is 4.98. The summed E-state index contributed by atoms with van der Waals surface area (Å²) in [6.07, 6.45) is 3.49. The van der Waals surface area contributed by atoms with Gasteiger partial charge < -0.3 is 16.0 Å². The molecule has 1 unspecified atom stereocenters. The molecule has 70 valence electrons. The molecule has 12 heavy (non-hydrogen) atoms. The number of carbonyl (C=O) groups is 1. The Kier molecular flexibility index (Phi) is 3.87. The third-order valence-corrected chi connectivity index (χ3v) is 2.11. The van der Waals surface area contributed by atoms with Crippen molar-refractivity contribution in [1.82, 2.24) is 16.0 Å². The van der Waals surface area contributed by atoms with Crippen LogP contribution in [0.5, 0.6) is 0 Å². The molecule has 0 radical (unpaired) electrons. The van der Waals surface area contributed by atoms with Gasteiger partial charge in [-0.15, -0.1) is 0 Å². The van der Waals surface area contributed by atoms with Gasteiger partial charge in [0.05, 0.1) is 0 Å². The molecule has 1 fully saturated rings. The van der Waals surface area contributed by atoms with Crippen molar-refractivity contribution in [3.63, 3.8) is 0 Å². The van der Waals surface area contributed by atoms with E-state index in [9.17, 15) is 4.79 Å². The maximum Gasteiger partial charge on any atom is 0.314 e. The van der Waals surface area contributed by atoms with Gasteiger partial charge in [0.25, 0.3) is 0 Å². The molecule has 0 spiro atoms. The summed E-state index contributed by atoms with van der Waals surface area (Å²) < 4.78 is 0. The van der Waals surface area contributed by atoms with Gasteiger partial charge in [-0.2, -0.15) is 0 Å². The Hall–Kier alpha value is -0.770. The van der Waals surface area contributed by atoms with Crippen LogP contribution in [0.2, 0.25) is 0 Å². The molecule has 0 aromatic heterocycles. The first kappa shape index (κ1) is 9.32. The molecule has 4 heteroatoms. The highest BCUT2D eigenvalue weighted by Crippen LogP contribution is 2.03. The SMILES string of the molecule is CNC(=O)NC1CCCCNC1. The minimum atomic E-state index is -0.0799. The molecule has 1 rings (SSSR count). The predicted octanol–water partition coefficient (Wildman–Crippen LogP) is 0.0575. The van der Waals surface area contributed by atoms with Gasteiger partial charge in [0, 0.05) is 19.6 Å². The minimum absolute atomic E-state index is 0.0799. The van der Waals surface area contributed by atoms with Crippen LogP contribution in [-0.2, 0) is 0 Å². The number of carbonyl (C=O) groups excluding carboxylic acids is 1. The third-order valence-electron chi connectivity index (χ3n) is 2.11. The van der Waals surface area contributed by atoms with Crippen LogP contribution in [0.25, 0.3) is 0 Å². The van der Waals surface area contributed by atoms with Crippen LogP contribution in [0.15, 0.2) is 0 Å². The molecule has 0 aromatic carbocycles. The Morgan fingerprint density at radius 2 is 2.33 bits per heavy atom. The van der Waals surface area contributed by atoms with Crippen molar-refractivity contribution in [3.05, 3.63) is 0 Å². The van der Waals surface area contributed by atoms with Crippen molar-refractivity contribution in [3.8, 4) is 0 Å². The molecule has 1 aliphatic heterocycles. The van der Waals surface area contributed by atoms with Gasteiger partial charge in [0.15, 0.2) is 0 Å². The third kappa shape index (κ3) is 3.09. The molecule has 1 atom stereocenters. The lowest BCUT2D eigenvalue weighted by molar-refractivity contribution is 0.238. The molecular weight excluding hydrogens is 154 g/mol. The number of nitrogens with one attached hydrogen (secondary N) is 3. The van der Waals surface area contributed by atoms with Crippen molar-refractivity contribution in [2.45, 2.75) is 25.3 Å². The molecule has 0 bridgehead atoms. The molecule has 0 aromatic rings. The fourth-order valence-electron chi connectivity index (χ4n) is 1.40. The average Bonchev–Trinajstić information content (AvgIpc) is 2.33. The zero-order chi connectivity index (χ0) is 8.81. The Labute approximate surface area is 73.1 Å². The van der Waals surface area contributed by atoms with Gasteiger partial charge in [-0.3, -0.25) is 0 Å². The fourth-order valence-corrected chi connectivity index (χ4v) is 1.40. The zero-order valence-electron chi connectivity index (χ0n) is 7.52. The highest BCUT2D eigenvalue weighted by Gasteiger charge is 2.12. The Bertz CT molecular complexity index is 141. The molecule has 4 nitrogen and oxygen atoms in total. The summed E-state index contributed by atoms with van der Waals surface area (Å²) in [6, 6.07) is 0.219. The lowest BCUT2D eigenvalue weighted by Gasteiger charge is -2.15. The smallest absolute Gasteiger partial charge is 0.314 e. The van der Waals surface area contributed by atoms with Crippen LogP contribution in [0.1, 0.15) is 19.3 Å². The van der Waals surface area contributed by atoms with Crippen LogP contribution in [0.4, 0.5) is 4.79 Å². The van der Waals surface area contributed by atoms with Gasteiger partial charge in [0.1, 0.15) is 0 Å². The summed E-state index contributed by atoms with van der Waals surface area (Å²) in [5.74, 6) is 0. The molecule has 1 saturated heterocycles. The molecule has 3 N–H and O–H groups in total. The van der Waals surface area contributed by atoms with E-state index >= 15 is 0 Å². The number of hydrogen-bond donors (Lipinski definition) is 3. The Morgan fingerprint density at radius 1 is 1.50 bits per heavy atom. The number of hydrogen-bond acceptors (Lipinski definition) is 2.